The molecule has 0 atom stereocenters. The summed E-state index contributed by atoms with van der Waals surface area (Å²) in [5.74, 6) is -0.185. The minimum Gasteiger partial charge on any atom is -0.494 e. The van der Waals surface area contributed by atoms with Gasteiger partial charge in [0.15, 0.2) is 11.5 Å². The third-order valence-electron chi connectivity index (χ3n) is 7.23. The van der Waals surface area contributed by atoms with Crippen LogP contribution in [0.4, 0.5) is 17.2 Å². The Hall–Kier alpha value is -5.04. The normalized spacial score (nSPS) is 12.4. The number of ether oxygens (including phenoxy) is 1. The average Bonchev–Trinajstić information content (AvgIpc) is 3.85. The maximum atomic E-state index is 13.1. The molecule has 228 valence electrons. The number of rotatable bonds is 10. The molecule has 1 aromatic carbocycles. The van der Waals surface area contributed by atoms with Gasteiger partial charge in [-0.1, -0.05) is 29.8 Å². The van der Waals surface area contributed by atoms with Crippen molar-refractivity contribution in [1.29, 1.82) is 0 Å². The summed E-state index contributed by atoms with van der Waals surface area (Å²) in [6.07, 6.45) is 3.27. The van der Waals surface area contributed by atoms with Gasteiger partial charge in [0.05, 0.1) is 30.7 Å². The molecule has 0 bridgehead atoms. The van der Waals surface area contributed by atoms with E-state index < -0.39 is 5.91 Å². The van der Waals surface area contributed by atoms with Gasteiger partial charge < -0.3 is 25.6 Å². The lowest BCUT2D eigenvalue weighted by Gasteiger charge is -2.18. The first-order valence-corrected chi connectivity index (χ1v) is 14.2. The van der Waals surface area contributed by atoms with Crippen molar-refractivity contribution >= 4 is 46.5 Å². The number of halogens is 1. The molecule has 0 unspecified atom stereocenters. The van der Waals surface area contributed by atoms with Gasteiger partial charge in [-0.3, -0.25) is 24.0 Å². The number of aromatic nitrogens is 5. The van der Waals surface area contributed by atoms with Crippen LogP contribution < -0.4 is 20.7 Å². The highest BCUT2D eigenvalue weighted by Crippen LogP contribution is 2.38. The van der Waals surface area contributed by atoms with Gasteiger partial charge in [0, 0.05) is 56.0 Å². The standard InChI is InChI=1S/C30H32ClN9O4/c1-16-20(27(31)40(4)38-16)15-39(3)30(43)22-12-11-18(14-33-22)19-7-6-8-21(26(19)44-5)34-23-13-24(35-28(41)17-9-10-17)36-37-25(23)29(42)32-2/h6-8,11-14,17H,9-10,15H2,1-5H3,(H,32,42)(H2,34,35,36,41). The molecule has 3 N–H and O–H groups in total. The Labute approximate surface area is 259 Å². The number of carbonyl (C=O) groups is 3. The van der Waals surface area contributed by atoms with E-state index >= 15 is 0 Å². The Bertz CT molecular complexity index is 1740. The largest absolute Gasteiger partial charge is 0.494 e. The van der Waals surface area contributed by atoms with Crippen molar-refractivity contribution in [1.82, 2.24) is 35.2 Å². The van der Waals surface area contributed by atoms with Crippen LogP contribution >= 0.6 is 11.6 Å². The zero-order chi connectivity index (χ0) is 31.5. The predicted molar refractivity (Wildman–Crippen MR) is 165 cm³/mol. The minimum atomic E-state index is -0.453. The third-order valence-corrected chi connectivity index (χ3v) is 7.70. The van der Waals surface area contributed by atoms with Crippen LogP contribution in [0.15, 0.2) is 42.6 Å². The molecule has 5 rings (SSSR count). The summed E-state index contributed by atoms with van der Waals surface area (Å²) in [5, 5.41) is 21.4. The molecule has 3 aromatic heterocycles. The molecule has 1 aliphatic rings. The van der Waals surface area contributed by atoms with Gasteiger partial charge >= 0.3 is 0 Å². The number of aryl methyl sites for hydroxylation is 2. The number of para-hydroxylation sites is 1. The van der Waals surface area contributed by atoms with Crippen molar-refractivity contribution in [2.75, 3.05) is 31.8 Å². The smallest absolute Gasteiger partial charge is 0.273 e. The van der Waals surface area contributed by atoms with Gasteiger partial charge in [-0.15, -0.1) is 10.2 Å². The number of hydrogen-bond donors (Lipinski definition) is 3. The zero-order valence-electron chi connectivity index (χ0n) is 24.9. The average molecular weight is 618 g/mol. The molecule has 14 heteroatoms. The lowest BCUT2D eigenvalue weighted by atomic mass is 10.0. The topological polar surface area (TPSA) is 156 Å². The van der Waals surface area contributed by atoms with E-state index in [0.29, 0.717) is 33.4 Å². The molecule has 4 aromatic rings. The summed E-state index contributed by atoms with van der Waals surface area (Å²) < 4.78 is 7.35. The van der Waals surface area contributed by atoms with E-state index in [2.05, 4.69) is 36.2 Å². The fraction of sp³-hybridized carbons (Fsp3) is 0.300. The maximum absolute atomic E-state index is 13.1. The van der Waals surface area contributed by atoms with E-state index in [0.717, 1.165) is 24.1 Å². The van der Waals surface area contributed by atoms with Crippen molar-refractivity contribution < 1.29 is 19.1 Å². The van der Waals surface area contributed by atoms with Gasteiger partial charge in [-0.2, -0.15) is 5.10 Å². The Morgan fingerprint density at radius 2 is 1.91 bits per heavy atom. The van der Waals surface area contributed by atoms with Gasteiger partial charge in [-0.05, 0) is 31.9 Å². The lowest BCUT2D eigenvalue weighted by Crippen LogP contribution is -2.27. The number of carbonyl (C=O) groups excluding carboxylic acids is 3. The lowest BCUT2D eigenvalue weighted by molar-refractivity contribution is -0.117. The number of amides is 3. The van der Waals surface area contributed by atoms with Crippen LogP contribution in [0.2, 0.25) is 5.15 Å². The molecule has 0 radical (unpaired) electrons. The second-order valence-electron chi connectivity index (χ2n) is 10.4. The molecule has 0 saturated heterocycles. The van der Waals surface area contributed by atoms with Gasteiger partial charge in [0.1, 0.15) is 16.6 Å². The Morgan fingerprint density at radius 3 is 2.52 bits per heavy atom. The molecule has 1 aliphatic carbocycles. The van der Waals surface area contributed by atoms with Crippen LogP contribution in [0.25, 0.3) is 11.1 Å². The Kier molecular flexibility index (Phi) is 8.76. The first-order valence-electron chi connectivity index (χ1n) is 13.9. The van der Waals surface area contributed by atoms with Crippen molar-refractivity contribution in [3.8, 4) is 16.9 Å². The first kappa shape index (κ1) is 30.4. The second-order valence-corrected chi connectivity index (χ2v) is 10.8. The predicted octanol–water partition coefficient (Wildman–Crippen LogP) is 3.97. The fourth-order valence-corrected chi connectivity index (χ4v) is 4.91. The van der Waals surface area contributed by atoms with Crippen LogP contribution in [-0.4, -0.2) is 68.8 Å². The van der Waals surface area contributed by atoms with Gasteiger partial charge in [0.25, 0.3) is 11.8 Å². The summed E-state index contributed by atoms with van der Waals surface area (Å²) in [5.41, 5.74) is 4.09. The van der Waals surface area contributed by atoms with Crippen molar-refractivity contribution in [3.63, 3.8) is 0 Å². The van der Waals surface area contributed by atoms with Crippen LogP contribution in [0.3, 0.4) is 0 Å². The Morgan fingerprint density at radius 1 is 1.14 bits per heavy atom. The van der Waals surface area contributed by atoms with E-state index in [1.54, 1.807) is 49.2 Å². The summed E-state index contributed by atoms with van der Waals surface area (Å²) >= 11 is 6.35. The van der Waals surface area contributed by atoms with Crippen LogP contribution in [-0.2, 0) is 18.4 Å². The zero-order valence-corrected chi connectivity index (χ0v) is 25.7. The number of pyridine rings is 1. The van der Waals surface area contributed by atoms with Crippen molar-refractivity contribution in [2.45, 2.75) is 26.3 Å². The molecule has 0 aliphatic heterocycles. The van der Waals surface area contributed by atoms with Crippen molar-refractivity contribution in [3.05, 3.63) is 70.4 Å². The van der Waals surface area contributed by atoms with Crippen molar-refractivity contribution in [2.24, 2.45) is 13.0 Å². The molecule has 3 heterocycles. The fourth-order valence-electron chi connectivity index (χ4n) is 4.67. The Balaban J connectivity index is 1.39. The molecular weight excluding hydrogens is 586 g/mol. The van der Waals surface area contributed by atoms with Crippen LogP contribution in [0.5, 0.6) is 5.75 Å². The van der Waals surface area contributed by atoms with E-state index in [9.17, 15) is 14.4 Å². The van der Waals surface area contributed by atoms with Crippen LogP contribution in [0, 0.1) is 12.8 Å². The molecule has 3 amide bonds. The molecule has 0 spiro atoms. The van der Waals surface area contributed by atoms with Gasteiger partial charge in [-0.25, -0.2) is 0 Å². The number of nitrogens with one attached hydrogen (secondary N) is 3. The molecule has 13 nitrogen and oxygen atoms in total. The maximum Gasteiger partial charge on any atom is 0.273 e. The molecule has 1 saturated carbocycles. The van der Waals surface area contributed by atoms with E-state index in [-0.39, 0.29) is 41.5 Å². The molecule has 44 heavy (non-hydrogen) atoms. The second kappa shape index (κ2) is 12.7. The quantitative estimate of drug-likeness (QED) is 0.240. The summed E-state index contributed by atoms with van der Waals surface area (Å²) in [6.45, 7) is 2.13. The first-order chi connectivity index (χ1) is 21.1. The molecule has 1 fully saturated rings. The number of hydrogen-bond acceptors (Lipinski definition) is 9. The van der Waals surface area contributed by atoms with E-state index in [4.69, 9.17) is 16.3 Å². The highest BCUT2D eigenvalue weighted by Gasteiger charge is 2.30. The van der Waals surface area contributed by atoms with E-state index in [1.165, 1.54) is 19.1 Å². The minimum absolute atomic E-state index is 0.0249. The molecular formula is C30H32ClN9O4. The summed E-state index contributed by atoms with van der Waals surface area (Å²) in [7, 11) is 6.46. The van der Waals surface area contributed by atoms with Crippen LogP contribution in [0.1, 0.15) is 45.1 Å². The number of benzene rings is 1. The number of anilines is 3. The highest BCUT2D eigenvalue weighted by atomic mass is 35.5. The SMILES string of the molecule is CNC(=O)c1nnc(NC(=O)C2CC2)cc1Nc1cccc(-c2ccc(C(=O)N(C)Cc3c(C)nn(C)c3Cl)nc2)c1OC. The van der Waals surface area contributed by atoms with Gasteiger partial charge in [0.2, 0.25) is 5.91 Å². The monoisotopic (exact) mass is 617 g/mol. The highest BCUT2D eigenvalue weighted by molar-refractivity contribution is 6.30. The summed E-state index contributed by atoms with van der Waals surface area (Å²) in [4.78, 5) is 44.0. The summed E-state index contributed by atoms with van der Waals surface area (Å²) in [6, 6.07) is 10.4. The third kappa shape index (κ3) is 6.32. The number of nitrogens with zero attached hydrogens (tertiary/aromatic N) is 6. The number of methoxy groups -OCH3 is 1. The van der Waals surface area contributed by atoms with E-state index in [1.807, 2.05) is 19.1 Å².